The van der Waals surface area contributed by atoms with Gasteiger partial charge < -0.3 is 20.7 Å². The Balaban J connectivity index is 2.14. The summed E-state index contributed by atoms with van der Waals surface area (Å²) in [6.07, 6.45) is 4.29. The van der Waals surface area contributed by atoms with E-state index >= 15 is 0 Å². The topological polar surface area (TPSA) is 70.8 Å². The van der Waals surface area contributed by atoms with Crippen molar-refractivity contribution in [3.8, 4) is 0 Å². The second-order valence-electron chi connectivity index (χ2n) is 5.66. The molecule has 0 bridgehead atoms. The fourth-order valence-corrected chi connectivity index (χ4v) is 2.59. The van der Waals surface area contributed by atoms with E-state index in [9.17, 15) is 4.79 Å². The van der Waals surface area contributed by atoms with Crippen LogP contribution in [0.5, 0.6) is 0 Å². The number of hydrogen-bond acceptors (Lipinski definition) is 5. The molecule has 0 radical (unpaired) electrons. The smallest absolute Gasteiger partial charge is 0.234 e. The van der Waals surface area contributed by atoms with Crippen molar-refractivity contribution in [3.05, 3.63) is 0 Å². The molecule has 1 heterocycles. The molecule has 1 fully saturated rings. The van der Waals surface area contributed by atoms with E-state index < -0.39 is 0 Å². The summed E-state index contributed by atoms with van der Waals surface area (Å²) in [5, 5.41) is 2.95. The molecule has 21 heavy (non-hydrogen) atoms. The minimum atomic E-state index is 0.127. The normalized spacial score (nSPS) is 17.6. The van der Waals surface area contributed by atoms with Crippen molar-refractivity contribution in [3.63, 3.8) is 0 Å². The summed E-state index contributed by atoms with van der Waals surface area (Å²) in [6, 6.07) is 0. The highest BCUT2D eigenvalue weighted by Gasteiger charge is 2.16. The van der Waals surface area contributed by atoms with Crippen LogP contribution in [-0.2, 0) is 9.53 Å². The molecule has 0 atom stereocenters. The van der Waals surface area contributed by atoms with E-state index in [0.717, 1.165) is 58.5 Å². The lowest BCUT2D eigenvalue weighted by atomic mass is 10.3. The van der Waals surface area contributed by atoms with Gasteiger partial charge in [0.25, 0.3) is 0 Å². The first-order chi connectivity index (χ1) is 10.3. The van der Waals surface area contributed by atoms with Crippen LogP contribution in [0.4, 0.5) is 0 Å². The van der Waals surface area contributed by atoms with Crippen molar-refractivity contribution in [1.29, 1.82) is 0 Å². The molecule has 0 aromatic carbocycles. The van der Waals surface area contributed by atoms with Crippen molar-refractivity contribution in [1.82, 2.24) is 15.1 Å². The summed E-state index contributed by atoms with van der Waals surface area (Å²) < 4.78 is 4.97. The summed E-state index contributed by atoms with van der Waals surface area (Å²) in [6.45, 7) is 8.01. The first-order valence-electron chi connectivity index (χ1n) is 8.16. The van der Waals surface area contributed by atoms with Gasteiger partial charge in [-0.1, -0.05) is 0 Å². The first kappa shape index (κ1) is 18.4. The number of nitrogens with zero attached hydrogens (tertiary/aromatic N) is 2. The Kier molecular flexibility index (Phi) is 10.4. The van der Waals surface area contributed by atoms with Gasteiger partial charge in [-0.05, 0) is 51.9 Å². The largest absolute Gasteiger partial charge is 0.385 e. The number of unbranched alkanes of at least 4 members (excludes halogenated alkanes) is 1. The predicted molar refractivity (Wildman–Crippen MR) is 85.3 cm³/mol. The van der Waals surface area contributed by atoms with Crippen LogP contribution < -0.4 is 11.1 Å². The average Bonchev–Trinajstić information content (AvgIpc) is 2.70. The number of carbonyl (C=O) groups excluding carboxylic acids is 1. The van der Waals surface area contributed by atoms with Crippen LogP contribution in [0.2, 0.25) is 0 Å². The molecule has 124 valence electrons. The maximum Gasteiger partial charge on any atom is 0.234 e. The molecule has 6 heteroatoms. The molecular formula is C15H32N4O2. The maximum atomic E-state index is 11.9. The van der Waals surface area contributed by atoms with E-state index in [4.69, 9.17) is 10.5 Å². The zero-order valence-electron chi connectivity index (χ0n) is 13.5. The predicted octanol–water partition coefficient (Wildman–Crippen LogP) is -0.114. The highest BCUT2D eigenvalue weighted by atomic mass is 16.5. The Labute approximate surface area is 129 Å². The number of amides is 1. The lowest BCUT2D eigenvalue weighted by molar-refractivity contribution is -0.122. The molecule has 0 aromatic rings. The summed E-state index contributed by atoms with van der Waals surface area (Å²) in [5.74, 6) is 0.127. The van der Waals surface area contributed by atoms with Crippen LogP contribution in [0.25, 0.3) is 0 Å². The van der Waals surface area contributed by atoms with Crippen LogP contribution in [0, 0.1) is 0 Å². The molecule has 6 nitrogen and oxygen atoms in total. The van der Waals surface area contributed by atoms with Crippen LogP contribution in [0.1, 0.15) is 25.7 Å². The molecule has 1 rings (SSSR count). The standard InChI is InChI=1S/C15H32N4O2/c1-21-13-4-7-17-15(20)14-19-10-5-9-18(11-12-19)8-3-2-6-16/h2-14,16H2,1H3,(H,17,20). The molecule has 1 aliphatic heterocycles. The van der Waals surface area contributed by atoms with Gasteiger partial charge in [0.2, 0.25) is 5.91 Å². The highest BCUT2D eigenvalue weighted by Crippen LogP contribution is 2.04. The number of nitrogens with two attached hydrogens (primary N) is 1. The summed E-state index contributed by atoms with van der Waals surface area (Å²) in [4.78, 5) is 16.6. The van der Waals surface area contributed by atoms with E-state index in [1.54, 1.807) is 7.11 Å². The third-order valence-electron chi connectivity index (χ3n) is 3.82. The Hall–Kier alpha value is -0.690. The lowest BCUT2D eigenvalue weighted by Gasteiger charge is -2.21. The zero-order chi connectivity index (χ0) is 15.3. The third kappa shape index (κ3) is 9.03. The van der Waals surface area contributed by atoms with E-state index in [1.807, 2.05) is 0 Å². The van der Waals surface area contributed by atoms with Gasteiger partial charge in [-0.2, -0.15) is 0 Å². The van der Waals surface area contributed by atoms with Crippen molar-refractivity contribution in [2.24, 2.45) is 5.73 Å². The Morgan fingerprint density at radius 3 is 2.67 bits per heavy atom. The number of hydrogen-bond donors (Lipinski definition) is 2. The molecular weight excluding hydrogens is 268 g/mol. The number of ether oxygens (including phenoxy) is 1. The van der Waals surface area contributed by atoms with Crippen LogP contribution in [0.3, 0.4) is 0 Å². The van der Waals surface area contributed by atoms with E-state index in [0.29, 0.717) is 19.7 Å². The van der Waals surface area contributed by atoms with Crippen molar-refractivity contribution >= 4 is 5.91 Å². The minimum absolute atomic E-state index is 0.127. The molecule has 0 aromatic heterocycles. The zero-order valence-corrected chi connectivity index (χ0v) is 13.5. The third-order valence-corrected chi connectivity index (χ3v) is 3.82. The van der Waals surface area contributed by atoms with Crippen LogP contribution in [0.15, 0.2) is 0 Å². The van der Waals surface area contributed by atoms with Gasteiger partial charge in [-0.15, -0.1) is 0 Å². The summed E-state index contributed by atoms with van der Waals surface area (Å²) in [5.41, 5.74) is 5.53. The monoisotopic (exact) mass is 300 g/mol. The highest BCUT2D eigenvalue weighted by molar-refractivity contribution is 5.77. The van der Waals surface area contributed by atoms with E-state index in [-0.39, 0.29) is 5.91 Å². The number of methoxy groups -OCH3 is 1. The molecule has 1 aliphatic rings. The molecule has 0 unspecified atom stereocenters. The number of nitrogens with one attached hydrogen (secondary N) is 1. The molecule has 0 spiro atoms. The fourth-order valence-electron chi connectivity index (χ4n) is 2.59. The van der Waals surface area contributed by atoms with E-state index in [1.165, 1.54) is 6.42 Å². The quantitative estimate of drug-likeness (QED) is 0.551. The molecule has 1 saturated heterocycles. The Morgan fingerprint density at radius 1 is 1.14 bits per heavy atom. The Morgan fingerprint density at radius 2 is 1.90 bits per heavy atom. The summed E-state index contributed by atoms with van der Waals surface area (Å²) in [7, 11) is 1.68. The van der Waals surface area contributed by atoms with Crippen LogP contribution >= 0.6 is 0 Å². The van der Waals surface area contributed by atoms with Gasteiger partial charge in [0.05, 0.1) is 6.54 Å². The van der Waals surface area contributed by atoms with Gasteiger partial charge in [0.1, 0.15) is 0 Å². The number of carbonyl (C=O) groups is 1. The summed E-state index contributed by atoms with van der Waals surface area (Å²) >= 11 is 0. The van der Waals surface area contributed by atoms with Crippen LogP contribution in [-0.4, -0.2) is 81.8 Å². The van der Waals surface area contributed by atoms with Crippen molar-refractivity contribution < 1.29 is 9.53 Å². The number of rotatable bonds is 10. The van der Waals surface area contributed by atoms with Gasteiger partial charge in [0, 0.05) is 33.4 Å². The molecule has 0 saturated carbocycles. The lowest BCUT2D eigenvalue weighted by Crippen LogP contribution is -2.39. The molecule has 0 aliphatic carbocycles. The Bertz CT molecular complexity index is 276. The van der Waals surface area contributed by atoms with Gasteiger partial charge in [0.15, 0.2) is 0 Å². The van der Waals surface area contributed by atoms with Gasteiger partial charge in [-0.3, -0.25) is 9.69 Å². The van der Waals surface area contributed by atoms with Gasteiger partial charge >= 0.3 is 0 Å². The van der Waals surface area contributed by atoms with Crippen molar-refractivity contribution in [2.75, 3.05) is 66.1 Å². The molecule has 1 amide bonds. The first-order valence-corrected chi connectivity index (χ1v) is 8.16. The minimum Gasteiger partial charge on any atom is -0.385 e. The average molecular weight is 300 g/mol. The second kappa shape index (κ2) is 11.9. The van der Waals surface area contributed by atoms with Crippen molar-refractivity contribution in [2.45, 2.75) is 25.7 Å². The SMILES string of the molecule is COCCCNC(=O)CN1CCCN(CCCCN)CC1. The fraction of sp³-hybridized carbons (Fsp3) is 0.933. The maximum absolute atomic E-state index is 11.9. The molecule has 3 N–H and O–H groups in total. The second-order valence-corrected chi connectivity index (χ2v) is 5.66. The van der Waals surface area contributed by atoms with Gasteiger partial charge in [-0.25, -0.2) is 0 Å². The van der Waals surface area contributed by atoms with E-state index in [2.05, 4.69) is 15.1 Å².